The average molecular weight is 210 g/mol. The molecule has 0 aliphatic carbocycles. The van der Waals surface area contributed by atoms with Crippen LogP contribution in [0, 0.1) is 0 Å². The normalized spacial score (nSPS) is 11.7. The van der Waals surface area contributed by atoms with Crippen LogP contribution in [0.25, 0.3) is 0 Å². The van der Waals surface area contributed by atoms with Crippen molar-refractivity contribution in [2.75, 3.05) is 0 Å². The minimum absolute atomic E-state index is 0.312. The number of hydrogen-bond acceptors (Lipinski definition) is 3. The quantitative estimate of drug-likeness (QED) is 0.833. The van der Waals surface area contributed by atoms with E-state index in [1.807, 2.05) is 18.0 Å². The summed E-state index contributed by atoms with van der Waals surface area (Å²) in [4.78, 5) is 4.17. The molecule has 0 saturated carbocycles. The Kier molecular flexibility index (Phi) is 3.96. The summed E-state index contributed by atoms with van der Waals surface area (Å²) < 4.78 is 0.312. The molecule has 1 heterocycles. The molecule has 0 fully saturated rings. The fraction of sp³-hybridized carbons (Fsp3) is 0.545. The molecule has 0 saturated heterocycles. The molecule has 0 spiro atoms. The van der Waals surface area contributed by atoms with Gasteiger partial charge in [-0.25, -0.2) is 0 Å². The zero-order chi connectivity index (χ0) is 10.6. The van der Waals surface area contributed by atoms with Gasteiger partial charge in [0.05, 0.1) is 5.69 Å². The fourth-order valence-corrected chi connectivity index (χ4v) is 1.81. The summed E-state index contributed by atoms with van der Waals surface area (Å²) in [7, 11) is 0. The summed E-state index contributed by atoms with van der Waals surface area (Å²) in [6.07, 6.45) is 1.83. The van der Waals surface area contributed by atoms with Gasteiger partial charge < -0.3 is 5.73 Å². The first-order valence-corrected chi connectivity index (χ1v) is 5.77. The van der Waals surface area contributed by atoms with E-state index in [0.717, 1.165) is 11.4 Å². The topological polar surface area (TPSA) is 38.9 Å². The molecule has 2 N–H and O–H groups in total. The van der Waals surface area contributed by atoms with E-state index >= 15 is 0 Å². The molecular formula is C11H18N2S. The number of aromatic nitrogens is 1. The van der Waals surface area contributed by atoms with Crippen molar-refractivity contribution >= 4 is 11.8 Å². The molecule has 1 rings (SSSR count). The molecule has 0 aliphatic heterocycles. The highest BCUT2D eigenvalue weighted by molar-refractivity contribution is 7.99. The van der Waals surface area contributed by atoms with Crippen molar-refractivity contribution in [1.29, 1.82) is 0 Å². The second kappa shape index (κ2) is 4.80. The van der Waals surface area contributed by atoms with Crippen LogP contribution in [0.3, 0.4) is 0 Å². The van der Waals surface area contributed by atoms with Crippen LogP contribution in [0.5, 0.6) is 0 Å². The van der Waals surface area contributed by atoms with Crippen molar-refractivity contribution in [3.8, 4) is 0 Å². The third kappa shape index (κ3) is 4.11. The van der Waals surface area contributed by atoms with Crippen molar-refractivity contribution in [3.63, 3.8) is 0 Å². The van der Waals surface area contributed by atoms with E-state index in [9.17, 15) is 0 Å². The minimum Gasteiger partial charge on any atom is -0.325 e. The fourth-order valence-electron chi connectivity index (χ4n) is 1.03. The predicted molar refractivity (Wildman–Crippen MR) is 63.2 cm³/mol. The molecule has 0 aliphatic rings. The maximum Gasteiger partial charge on any atom is 0.0542 e. The summed E-state index contributed by atoms with van der Waals surface area (Å²) in [6.45, 7) is 7.20. The van der Waals surface area contributed by atoms with Gasteiger partial charge in [0.15, 0.2) is 0 Å². The molecule has 0 bridgehead atoms. The molecule has 3 heteroatoms. The number of rotatable bonds is 3. The Morgan fingerprint density at radius 1 is 1.43 bits per heavy atom. The van der Waals surface area contributed by atoms with Gasteiger partial charge in [0.1, 0.15) is 0 Å². The molecule has 1 aromatic heterocycles. The molecule has 78 valence electrons. The summed E-state index contributed by atoms with van der Waals surface area (Å²) >= 11 is 1.94. The molecule has 0 aromatic carbocycles. The van der Waals surface area contributed by atoms with Gasteiger partial charge in [-0.2, -0.15) is 11.8 Å². The number of nitrogens with zero attached hydrogens (tertiary/aromatic N) is 1. The monoisotopic (exact) mass is 210 g/mol. The second-order valence-corrected chi connectivity index (χ2v) is 6.06. The van der Waals surface area contributed by atoms with Crippen molar-refractivity contribution in [1.82, 2.24) is 4.98 Å². The van der Waals surface area contributed by atoms with Crippen molar-refractivity contribution in [3.05, 3.63) is 29.6 Å². The van der Waals surface area contributed by atoms with Crippen LogP contribution < -0.4 is 5.73 Å². The zero-order valence-electron chi connectivity index (χ0n) is 9.08. The maximum absolute atomic E-state index is 5.53. The summed E-state index contributed by atoms with van der Waals surface area (Å²) in [5.41, 5.74) is 7.81. The van der Waals surface area contributed by atoms with Crippen LogP contribution in [0.15, 0.2) is 18.3 Å². The van der Waals surface area contributed by atoms with Crippen molar-refractivity contribution in [2.45, 2.75) is 37.8 Å². The standard InChI is InChI=1S/C11H18N2S/c1-11(2,3)14-8-9-4-5-13-10(6-9)7-12/h4-6H,7-8,12H2,1-3H3. The molecule has 0 amide bonds. The lowest BCUT2D eigenvalue weighted by Gasteiger charge is -2.17. The van der Waals surface area contributed by atoms with Gasteiger partial charge in [0.2, 0.25) is 0 Å². The van der Waals surface area contributed by atoms with Crippen LogP contribution in [-0.2, 0) is 12.3 Å². The lowest BCUT2D eigenvalue weighted by atomic mass is 10.2. The maximum atomic E-state index is 5.53. The minimum atomic E-state index is 0.312. The van der Waals surface area contributed by atoms with E-state index in [2.05, 4.69) is 37.9 Å². The Morgan fingerprint density at radius 3 is 2.71 bits per heavy atom. The molecule has 0 radical (unpaired) electrons. The zero-order valence-corrected chi connectivity index (χ0v) is 9.90. The van der Waals surface area contributed by atoms with Crippen LogP contribution in [0.2, 0.25) is 0 Å². The SMILES string of the molecule is CC(C)(C)SCc1ccnc(CN)c1. The van der Waals surface area contributed by atoms with Crippen LogP contribution in [-0.4, -0.2) is 9.73 Å². The third-order valence-electron chi connectivity index (χ3n) is 1.76. The molecule has 0 unspecified atom stereocenters. The van der Waals surface area contributed by atoms with Gasteiger partial charge >= 0.3 is 0 Å². The van der Waals surface area contributed by atoms with Crippen LogP contribution in [0.1, 0.15) is 32.0 Å². The first kappa shape index (κ1) is 11.5. The number of hydrogen-bond donors (Lipinski definition) is 1. The van der Waals surface area contributed by atoms with E-state index in [1.165, 1.54) is 5.56 Å². The van der Waals surface area contributed by atoms with Crippen molar-refractivity contribution < 1.29 is 0 Å². The molecule has 14 heavy (non-hydrogen) atoms. The lowest BCUT2D eigenvalue weighted by molar-refractivity contribution is 0.802. The first-order chi connectivity index (χ1) is 6.51. The third-order valence-corrected chi connectivity index (χ3v) is 3.11. The van der Waals surface area contributed by atoms with Gasteiger partial charge in [0, 0.05) is 23.2 Å². The van der Waals surface area contributed by atoms with E-state index < -0.39 is 0 Å². The Bertz CT molecular complexity index is 292. The average Bonchev–Trinajstić information content (AvgIpc) is 2.14. The highest BCUT2D eigenvalue weighted by Crippen LogP contribution is 2.26. The summed E-state index contributed by atoms with van der Waals surface area (Å²) in [5, 5.41) is 0. The van der Waals surface area contributed by atoms with E-state index in [0.29, 0.717) is 11.3 Å². The highest BCUT2D eigenvalue weighted by atomic mass is 32.2. The highest BCUT2D eigenvalue weighted by Gasteiger charge is 2.10. The number of nitrogens with two attached hydrogens (primary N) is 1. The Hall–Kier alpha value is -0.540. The van der Waals surface area contributed by atoms with Gasteiger partial charge in [-0.15, -0.1) is 0 Å². The van der Waals surface area contributed by atoms with Crippen LogP contribution >= 0.6 is 11.8 Å². The number of pyridine rings is 1. The van der Waals surface area contributed by atoms with Crippen LogP contribution in [0.4, 0.5) is 0 Å². The van der Waals surface area contributed by atoms with Crippen molar-refractivity contribution in [2.24, 2.45) is 5.73 Å². The van der Waals surface area contributed by atoms with Gasteiger partial charge in [-0.05, 0) is 17.7 Å². The Labute approximate surface area is 90.3 Å². The molecular weight excluding hydrogens is 192 g/mol. The largest absolute Gasteiger partial charge is 0.325 e. The van der Waals surface area contributed by atoms with Gasteiger partial charge in [-0.3, -0.25) is 4.98 Å². The molecule has 1 aromatic rings. The Morgan fingerprint density at radius 2 is 2.14 bits per heavy atom. The molecule has 0 atom stereocenters. The van der Waals surface area contributed by atoms with Gasteiger partial charge in [-0.1, -0.05) is 20.8 Å². The van der Waals surface area contributed by atoms with E-state index in [1.54, 1.807) is 0 Å². The number of thioether (sulfide) groups is 1. The smallest absolute Gasteiger partial charge is 0.0542 e. The van der Waals surface area contributed by atoms with E-state index in [-0.39, 0.29) is 0 Å². The summed E-state index contributed by atoms with van der Waals surface area (Å²) in [6, 6.07) is 4.14. The first-order valence-electron chi connectivity index (χ1n) is 4.79. The second-order valence-electron chi connectivity index (χ2n) is 4.26. The summed E-state index contributed by atoms with van der Waals surface area (Å²) in [5.74, 6) is 1.03. The molecule has 2 nitrogen and oxygen atoms in total. The van der Waals surface area contributed by atoms with Gasteiger partial charge in [0.25, 0.3) is 0 Å². The lowest BCUT2D eigenvalue weighted by Crippen LogP contribution is -2.07. The Balaban J connectivity index is 2.59. The predicted octanol–water partition coefficient (Wildman–Crippen LogP) is 2.57. The van der Waals surface area contributed by atoms with E-state index in [4.69, 9.17) is 5.73 Å².